The number of nitrogens with one attached hydrogen (secondary N) is 1. The number of hydrogen-bond acceptors (Lipinski definition) is 4. The predicted octanol–water partition coefficient (Wildman–Crippen LogP) is 49.4. The van der Waals surface area contributed by atoms with Crippen molar-refractivity contribution in [2.24, 2.45) is 17.3 Å². The third-order valence-corrected chi connectivity index (χ3v) is 10.2. The minimum absolute atomic E-state index is 0. The van der Waals surface area contributed by atoms with Crippen LogP contribution in [0.4, 0.5) is 0 Å². The van der Waals surface area contributed by atoms with Crippen molar-refractivity contribution in [3.8, 4) is 5.75 Å². The molecule has 572 valence electrons. The van der Waals surface area contributed by atoms with Gasteiger partial charge in [0.05, 0.1) is 12.5 Å². The van der Waals surface area contributed by atoms with E-state index in [2.05, 4.69) is 89.0 Å². The molecule has 6 nitrogen and oxygen atoms in total. The molecule has 0 spiro atoms. The summed E-state index contributed by atoms with van der Waals surface area (Å²) in [6, 6.07) is 14.9. The number of benzene rings is 2. The molecule has 3 atom stereocenters. The summed E-state index contributed by atoms with van der Waals surface area (Å²) in [6.45, 7) is 19.2. The van der Waals surface area contributed by atoms with Crippen LogP contribution in [0, 0.1) is 31.1 Å². The summed E-state index contributed by atoms with van der Waals surface area (Å²) in [4.78, 5) is 27.7. The van der Waals surface area contributed by atoms with Crippen LogP contribution in [-0.4, -0.2) is 55.2 Å². The Morgan fingerprint density at radius 2 is 1.82 bits per heavy atom. The Bertz CT molecular complexity index is 1360. The van der Waals surface area contributed by atoms with Gasteiger partial charge in [0.25, 0.3) is 0 Å². The largest absolute Gasteiger partial charge is 0.496 e. The molecular formula is C34H402N2O4. The van der Waals surface area contributed by atoms with Crippen molar-refractivity contribution in [1.82, 2.24) is 10.2 Å². The van der Waals surface area contributed by atoms with Crippen LogP contribution >= 0.6 is 0 Å². The van der Waals surface area contributed by atoms with Crippen LogP contribution in [0.3, 0.4) is 0 Å². The van der Waals surface area contributed by atoms with Gasteiger partial charge in [0.1, 0.15) is 12.3 Å². The summed E-state index contributed by atoms with van der Waals surface area (Å²) in [5, 5.41) is 12.1. The molecule has 1 fully saturated rings. The van der Waals surface area contributed by atoms with Gasteiger partial charge >= 0.3 is 5.97 Å². The molecule has 2 aromatic carbocycles. The van der Waals surface area contributed by atoms with E-state index in [0.29, 0.717) is 18.4 Å². The molecule has 1 aliphatic heterocycles. The van der Waals surface area contributed by atoms with E-state index >= 15 is 0 Å². The van der Waals surface area contributed by atoms with E-state index < -0.39 is 16.8 Å². The van der Waals surface area contributed by atoms with E-state index in [1.165, 1.54) is 5.56 Å². The first-order valence-corrected chi connectivity index (χ1v) is 14.7. The van der Waals surface area contributed by atoms with Gasteiger partial charge in [-0.05, 0) is 73.9 Å². The first-order valence-electron chi connectivity index (χ1n) is 14.7. The zero-order valence-electron chi connectivity index (χ0n) is 26.1. The maximum atomic E-state index is 13.9. The highest BCUT2D eigenvalue weighted by molar-refractivity contribution is 5.87. The topological polar surface area (TPSA) is 78.9 Å². The van der Waals surface area contributed by atoms with Gasteiger partial charge in [-0.15, -0.1) is 0 Å². The Morgan fingerprint density at radius 1 is 1.15 bits per heavy atom. The van der Waals surface area contributed by atoms with Crippen molar-refractivity contribution in [1.29, 1.82) is 0 Å². The second-order valence-electron chi connectivity index (χ2n) is 12.8. The van der Waals surface area contributed by atoms with E-state index in [1.54, 1.807) is 7.11 Å². The van der Waals surface area contributed by atoms with Gasteiger partial charge in [0, 0.05) is 275 Å². The Kier molecular flexibility index (Phi) is 9.77. The quantitative estimate of drug-likeness (QED) is 0.235. The fraction of sp³-hybridized carbons (Fsp3) is 0.588. The van der Waals surface area contributed by atoms with Crippen LogP contribution in [0.5, 0.6) is 5.75 Å². The molecule has 1 aliphatic rings. The van der Waals surface area contributed by atoms with E-state index in [4.69, 9.17) is 4.74 Å². The number of carbonyl (C=O) groups excluding carboxylic acids is 1. The van der Waals surface area contributed by atoms with E-state index in [1.807, 2.05) is 19.1 Å². The minimum atomic E-state index is -1.04. The number of aryl methyl sites for hydroxylation is 2. The molecule has 0 saturated carbocycles. The lowest BCUT2D eigenvalue weighted by Gasteiger charge is -2.54. The molecule has 0 aliphatic carbocycles. The standard InChI is InChI=1S/C34H50N2O4.176H2/c1-10-26-21-36(18-17-34(26,23(2)3)27-16-15-25(5)29(19-27)40-9)22-33(8,31(39)35-20-30(37)38)32(6,7)28-14-12-11-13-24(28)4;;;;;;;;;;;;;;;;;;;;;;;;;;;;;;;;;;;;;;;;;;;;;;;;;;;;;;;;;;;;;;;;;;;;;;;;;;;;;;;;;;;;;;;;;;;;;;;;;;;;;;;;;;;;;;;;;;;;;;;;;;;;;;;;;;;;;;;;;;;;;;;;;;;;;;;;;;;;;;;;;;;;;;;;;;;;;;;;/h11-16,19,23,26H,10,17-18,20-22H2,1-9H3,(H,35,39)(H,37,38);176*1H/t26-,33-,34-;;;;;;;;;;;;;;;;;;;;;;;;;;;;;;;;;;;;;;;;;;;;;;;;;;;;;;;;;;;;;;;;;;;;;;;;;;;;;;;;;;;;;;;;;;;;;;;;;;;;;;;;;;;;;;;;;;;;;;;;;;;;;;;;;;;;;;;;;;;;;;;;;;;;;;;;;;;;;;;;;;;;;;;;;;;;;;;;/m0................................................................................................................................................................................/s1. The number of aliphatic carboxylic acids is 1. The number of carboxylic acids is 1. The third kappa shape index (κ3) is 5.79. The molecule has 40 heavy (non-hydrogen) atoms. The zero-order chi connectivity index (χ0) is 29.9. The predicted molar refractivity (Wildman–Crippen MR) is 534 cm³/mol. The molecule has 0 aromatic heterocycles. The maximum absolute atomic E-state index is 13.9. The van der Waals surface area contributed by atoms with E-state index in [-0.39, 0.29) is 269 Å². The highest BCUT2D eigenvalue weighted by Gasteiger charge is 2.52. The summed E-state index contributed by atoms with van der Waals surface area (Å²) < 4.78 is 5.72. The van der Waals surface area contributed by atoms with Gasteiger partial charge in [-0.3, -0.25) is 9.59 Å². The van der Waals surface area contributed by atoms with Crippen molar-refractivity contribution in [2.75, 3.05) is 33.3 Å². The molecule has 0 radical (unpaired) electrons. The molecule has 1 amide bonds. The summed E-state index contributed by atoms with van der Waals surface area (Å²) in [7, 11) is 1.74. The van der Waals surface area contributed by atoms with Crippen molar-refractivity contribution in [2.45, 2.75) is 79.1 Å². The number of rotatable bonds is 11. The molecule has 3 rings (SSSR count). The Balaban J connectivity index is -0.000000000583. The van der Waals surface area contributed by atoms with Gasteiger partial charge in [-0.2, -0.15) is 0 Å². The van der Waals surface area contributed by atoms with Crippen LogP contribution < -0.4 is 10.1 Å². The van der Waals surface area contributed by atoms with Crippen LogP contribution in [0.25, 0.3) is 0 Å². The number of amides is 1. The lowest BCUT2D eigenvalue weighted by molar-refractivity contribution is -0.142. The lowest BCUT2D eigenvalue weighted by atomic mass is 9.58. The monoisotopic (exact) mass is 905 g/mol. The summed E-state index contributed by atoms with van der Waals surface area (Å²) >= 11 is 0. The SMILES string of the molecule is CC[C@H]1CN(C[C@@](C)(C(=O)NCC(=O)O)C(C)(C)c2ccccc2C)CC[C@]1(c1ccc(C)c(OC)c1)C(C)C.[HH].[HH].[HH].[HH].[HH].[HH].[HH].[HH].[HH].[HH].[HH].[HH].[HH].[HH].[HH].[HH].[HH].[HH].[HH].[HH].[HH].[HH].[HH].[HH].[HH].[HH].[HH].[HH].[HH].[HH].[HH].[HH].[HH].[HH].[HH].[HH].[HH].[HH].[HH].[HH].[HH].[HH].[HH].[HH].[HH].[HH].[HH].[HH].[HH].[HH].[HH].[HH].[HH].[HH].[HH].[HH].[HH].[HH].[HH].[HH].[HH].[HH].[HH].[HH].[HH].[HH].[HH].[HH].[HH].[HH].[HH].[HH].[HH].[HH].[HH].[HH].[HH].[HH].[HH].[HH].[HH].[HH].[HH].[HH].[HH].[HH].[HH].[HH].[HH].[HH].[HH].[HH].[HH].[HH].[HH].[HH].[HH].[HH].[HH].[HH].[HH].[HH].[HH].[HH].[HH].[HH].[HH].[HH].[HH].[HH].[HH].[HH].[HH].[HH].[HH].[HH].[HH].[HH].[HH].[HH].[HH].[HH].[HH].[HH].[HH].[HH].[HH].[HH].[HH].[HH].[HH].[HH].[HH].[HH].[HH].[HH].[HH].[HH].[HH].[HH].[HH].[HH].[HH].[HH].[HH].[HH].[HH].[HH].[HH].[HH].[HH].[HH].[HH].[HH].[HH].[HH].[HH].[HH].[HH].[HH].[HH].[HH].[HH].[HH].[HH].[HH].[HH].[HH].[HH].[HH].[HH].[HH].[HH].[HH].[HH].[HH]. The number of carbonyl (C=O) groups is 2. The molecule has 0 unspecified atom stereocenters. The fourth-order valence-electron chi connectivity index (χ4n) is 7.26. The normalized spacial score (nSPS) is 21.6. The molecule has 2 N–H and O–H groups in total. The summed E-state index contributed by atoms with van der Waals surface area (Å²) in [5.74, 6) is 0.489. The lowest BCUT2D eigenvalue weighted by Crippen LogP contribution is -2.60. The fourth-order valence-corrected chi connectivity index (χ4v) is 7.26. The number of hydrogen-bond donors (Lipinski definition) is 2. The van der Waals surface area contributed by atoms with Crippen molar-refractivity contribution in [3.63, 3.8) is 0 Å². The average molecular weight is 906 g/mol. The second-order valence-corrected chi connectivity index (χ2v) is 12.8. The van der Waals surface area contributed by atoms with Crippen LogP contribution in [0.15, 0.2) is 42.5 Å². The van der Waals surface area contributed by atoms with Crippen LogP contribution in [0.1, 0.15) is 328 Å². The highest BCUT2D eigenvalue weighted by atomic mass is 16.5. The molecular weight excluding hydrogens is 500 g/mol. The Morgan fingerprint density at radius 3 is 2.40 bits per heavy atom. The van der Waals surface area contributed by atoms with Crippen LogP contribution in [0.2, 0.25) is 0 Å². The number of methoxy groups -OCH3 is 1. The summed E-state index contributed by atoms with van der Waals surface area (Å²) in [6.07, 6.45) is 2.00. The maximum Gasteiger partial charge on any atom is 0.322 e. The van der Waals surface area contributed by atoms with E-state index in [9.17, 15) is 14.7 Å². The van der Waals surface area contributed by atoms with Crippen molar-refractivity contribution >= 4 is 11.9 Å². The highest BCUT2D eigenvalue weighted by Crippen LogP contribution is 2.50. The summed E-state index contributed by atoms with van der Waals surface area (Å²) in [5.41, 5.74) is 3.30. The van der Waals surface area contributed by atoms with Crippen molar-refractivity contribution in [3.05, 3.63) is 64.7 Å². The van der Waals surface area contributed by atoms with E-state index in [0.717, 1.165) is 48.4 Å². The molecule has 0 bridgehead atoms. The minimum Gasteiger partial charge on any atom is -0.496 e. The van der Waals surface area contributed by atoms with Crippen LogP contribution in [-0.2, 0) is 20.4 Å². The number of carboxylic acid groups (broad SMARTS) is 1. The smallest absolute Gasteiger partial charge is 0.322 e. The third-order valence-electron chi connectivity index (χ3n) is 10.2. The van der Waals surface area contributed by atoms with Gasteiger partial charge in [-0.1, -0.05) is 77.4 Å². The second kappa shape index (κ2) is 12.3. The van der Waals surface area contributed by atoms with Gasteiger partial charge in [0.2, 0.25) is 5.91 Å². The molecule has 1 heterocycles. The zero-order valence-corrected chi connectivity index (χ0v) is 26.1. The number of piperidine rings is 1. The van der Waals surface area contributed by atoms with Gasteiger partial charge < -0.3 is 20.1 Å². The Hall–Kier alpha value is -2.86. The molecule has 1 saturated heterocycles. The first-order chi connectivity index (χ1) is 18.7. The van der Waals surface area contributed by atoms with Gasteiger partial charge in [-0.25, -0.2) is 0 Å². The number of likely N-dealkylation sites (tertiary alicyclic amines) is 1. The Labute approximate surface area is 502 Å². The van der Waals surface area contributed by atoms with Gasteiger partial charge in [0.15, 0.2) is 0 Å². The number of ether oxygens (including phenoxy) is 1. The number of nitrogens with zero attached hydrogens (tertiary/aromatic N) is 1. The molecule has 6 heteroatoms. The van der Waals surface area contributed by atoms with Crippen molar-refractivity contribution < 1.29 is 271 Å². The molecule has 2 aromatic rings. The first kappa shape index (κ1) is 31.7. The average Bonchev–Trinajstić information content (AvgIpc) is 2.91.